The summed E-state index contributed by atoms with van der Waals surface area (Å²) in [7, 11) is 2.92. The number of hydrogen-bond donors (Lipinski definition) is 7. The third kappa shape index (κ3) is 6.36. The summed E-state index contributed by atoms with van der Waals surface area (Å²) < 4.78 is 1.17. The van der Waals surface area contributed by atoms with Crippen LogP contribution in [-0.4, -0.2) is 88.4 Å². The van der Waals surface area contributed by atoms with E-state index in [0.29, 0.717) is 16.4 Å². The summed E-state index contributed by atoms with van der Waals surface area (Å²) in [6.45, 7) is 0.436. The molecule has 0 aromatic heterocycles. The van der Waals surface area contributed by atoms with Crippen molar-refractivity contribution in [3.05, 3.63) is 16.3 Å². The molecule has 0 saturated heterocycles. The normalized spacial score (nSPS) is 14.9. The molecule has 0 aliphatic heterocycles. The fraction of sp³-hybridized carbons (Fsp3) is 0.471. The van der Waals surface area contributed by atoms with Gasteiger partial charge in [0.05, 0.1) is 34.3 Å². The first-order chi connectivity index (χ1) is 14.3. The zero-order valence-electron chi connectivity index (χ0n) is 16.6. The standard InChI is InChI=1S/C17H22I3N3O8/c1-5(25)23(3)12-9(19)7(16(30)21-2)8(18)11(10(12)20)22-17(31)15(29)14(28)13(27)6(26)4-24/h6,13-15,24,26-29H,4H2,1-3H3,(H,21,30)(H,22,31)/t6-,13-,14+,15-/m1/s1. The van der Waals surface area contributed by atoms with E-state index in [4.69, 9.17) is 5.11 Å². The fourth-order valence-corrected chi connectivity index (χ4v) is 7.06. The van der Waals surface area contributed by atoms with E-state index in [1.807, 2.05) is 67.8 Å². The number of benzene rings is 1. The summed E-state index contributed by atoms with van der Waals surface area (Å²) in [6, 6.07) is 0. The summed E-state index contributed by atoms with van der Waals surface area (Å²) in [4.78, 5) is 38.3. The Morgan fingerprint density at radius 1 is 1.00 bits per heavy atom. The topological polar surface area (TPSA) is 180 Å². The highest BCUT2D eigenvalue weighted by atomic mass is 127. The molecular formula is C17H22I3N3O8. The van der Waals surface area contributed by atoms with Gasteiger partial charge in [-0.15, -0.1) is 0 Å². The van der Waals surface area contributed by atoms with Gasteiger partial charge >= 0.3 is 0 Å². The minimum atomic E-state index is -2.17. The molecule has 14 heteroatoms. The number of amides is 3. The largest absolute Gasteiger partial charge is 0.394 e. The van der Waals surface area contributed by atoms with Crippen molar-refractivity contribution in [1.82, 2.24) is 5.32 Å². The maximum atomic E-state index is 12.6. The van der Waals surface area contributed by atoms with Crippen molar-refractivity contribution in [2.45, 2.75) is 31.3 Å². The lowest BCUT2D eigenvalue weighted by Gasteiger charge is -2.27. The molecule has 11 nitrogen and oxygen atoms in total. The van der Waals surface area contributed by atoms with E-state index in [1.54, 1.807) is 0 Å². The summed E-state index contributed by atoms with van der Waals surface area (Å²) in [5, 5.41) is 53.0. The lowest BCUT2D eigenvalue weighted by Crippen LogP contribution is -2.50. The van der Waals surface area contributed by atoms with Crippen molar-refractivity contribution in [3.8, 4) is 0 Å². The van der Waals surface area contributed by atoms with Gasteiger partial charge in [0.15, 0.2) is 6.10 Å². The Balaban J connectivity index is 3.51. The number of aliphatic hydroxyl groups excluding tert-OH is 5. The first-order valence-electron chi connectivity index (χ1n) is 8.62. The highest BCUT2D eigenvalue weighted by Crippen LogP contribution is 2.40. The van der Waals surface area contributed by atoms with Crippen molar-refractivity contribution < 1.29 is 39.9 Å². The van der Waals surface area contributed by atoms with E-state index in [-0.39, 0.29) is 17.2 Å². The van der Waals surface area contributed by atoms with Gasteiger partial charge in [0, 0.05) is 21.0 Å². The van der Waals surface area contributed by atoms with Crippen LogP contribution in [-0.2, 0) is 9.59 Å². The maximum absolute atomic E-state index is 12.6. The second-order valence-electron chi connectivity index (χ2n) is 6.36. The molecule has 0 saturated carbocycles. The first-order valence-corrected chi connectivity index (χ1v) is 11.9. The minimum absolute atomic E-state index is 0.108. The Kier molecular flexibility index (Phi) is 11.3. The minimum Gasteiger partial charge on any atom is -0.394 e. The smallest absolute Gasteiger partial charge is 0.256 e. The van der Waals surface area contributed by atoms with Gasteiger partial charge in [-0.1, -0.05) is 0 Å². The Hall–Kier alpha value is -0.380. The van der Waals surface area contributed by atoms with Crippen LogP contribution in [0.5, 0.6) is 0 Å². The molecule has 4 atom stereocenters. The van der Waals surface area contributed by atoms with Gasteiger partial charge in [-0.3, -0.25) is 14.4 Å². The predicted octanol–water partition coefficient (Wildman–Crippen LogP) is -0.783. The molecule has 174 valence electrons. The molecule has 0 heterocycles. The van der Waals surface area contributed by atoms with Gasteiger partial charge in [-0.25, -0.2) is 0 Å². The Morgan fingerprint density at radius 2 is 1.55 bits per heavy atom. The molecule has 0 fully saturated rings. The van der Waals surface area contributed by atoms with Gasteiger partial charge in [0.25, 0.3) is 11.8 Å². The predicted molar refractivity (Wildman–Crippen MR) is 137 cm³/mol. The van der Waals surface area contributed by atoms with E-state index < -0.39 is 42.8 Å². The molecule has 1 aromatic carbocycles. The number of nitrogens with one attached hydrogen (secondary N) is 2. The fourth-order valence-electron chi connectivity index (χ4n) is 2.41. The van der Waals surface area contributed by atoms with Crippen LogP contribution in [0.15, 0.2) is 0 Å². The SMILES string of the molecule is CNC(=O)c1c(I)c(NC(=O)[C@H](O)[C@@H](O)[C@H](O)[C@H](O)CO)c(I)c(N(C)C(C)=O)c1I. The van der Waals surface area contributed by atoms with Gasteiger partial charge in [0.2, 0.25) is 5.91 Å². The van der Waals surface area contributed by atoms with Crippen LogP contribution in [0.25, 0.3) is 0 Å². The molecule has 1 rings (SSSR count). The number of carbonyl (C=O) groups excluding carboxylic acids is 3. The molecule has 3 amide bonds. The number of halogens is 3. The Labute approximate surface area is 219 Å². The molecule has 0 unspecified atom stereocenters. The lowest BCUT2D eigenvalue weighted by atomic mass is 10.0. The molecule has 31 heavy (non-hydrogen) atoms. The molecule has 0 aliphatic carbocycles. The highest BCUT2D eigenvalue weighted by molar-refractivity contribution is 14.1. The third-order valence-electron chi connectivity index (χ3n) is 4.33. The van der Waals surface area contributed by atoms with E-state index in [1.165, 1.54) is 25.9 Å². The first kappa shape index (κ1) is 28.7. The van der Waals surface area contributed by atoms with Crippen LogP contribution in [0.4, 0.5) is 11.4 Å². The van der Waals surface area contributed by atoms with Crippen molar-refractivity contribution in [3.63, 3.8) is 0 Å². The molecule has 0 spiro atoms. The van der Waals surface area contributed by atoms with Crippen molar-refractivity contribution >= 4 is 96.9 Å². The van der Waals surface area contributed by atoms with E-state index in [2.05, 4.69) is 10.6 Å². The number of carbonyl (C=O) groups is 3. The van der Waals surface area contributed by atoms with Crippen LogP contribution in [0.2, 0.25) is 0 Å². The van der Waals surface area contributed by atoms with Crippen LogP contribution in [0.3, 0.4) is 0 Å². The molecule has 7 N–H and O–H groups in total. The second kappa shape index (κ2) is 12.2. The summed E-state index contributed by atoms with van der Waals surface area (Å²) in [5.41, 5.74) is 0.652. The van der Waals surface area contributed by atoms with Crippen LogP contribution in [0, 0.1) is 10.7 Å². The Morgan fingerprint density at radius 3 is 2.00 bits per heavy atom. The van der Waals surface area contributed by atoms with Crippen LogP contribution < -0.4 is 15.5 Å². The Bertz CT molecular complexity index is 870. The zero-order chi connectivity index (χ0) is 24.2. The van der Waals surface area contributed by atoms with Crippen LogP contribution in [0.1, 0.15) is 17.3 Å². The van der Waals surface area contributed by atoms with Crippen molar-refractivity contribution in [2.24, 2.45) is 0 Å². The average Bonchev–Trinajstić information content (AvgIpc) is 2.73. The molecule has 0 radical (unpaired) electrons. The van der Waals surface area contributed by atoms with E-state index in [0.717, 1.165) is 0 Å². The van der Waals surface area contributed by atoms with E-state index in [9.17, 15) is 34.8 Å². The van der Waals surface area contributed by atoms with Gasteiger partial charge in [-0.05, 0) is 67.8 Å². The van der Waals surface area contributed by atoms with Gasteiger partial charge in [-0.2, -0.15) is 0 Å². The number of anilines is 2. The third-order valence-corrected chi connectivity index (χ3v) is 7.51. The summed E-state index contributed by atoms with van der Waals surface area (Å²) >= 11 is 5.64. The monoisotopic (exact) mass is 777 g/mol. The van der Waals surface area contributed by atoms with E-state index >= 15 is 0 Å². The van der Waals surface area contributed by atoms with Gasteiger partial charge < -0.3 is 41.1 Å². The number of aliphatic hydroxyl groups is 5. The van der Waals surface area contributed by atoms with Gasteiger partial charge in [0.1, 0.15) is 18.3 Å². The summed E-state index contributed by atoms with van der Waals surface area (Å²) in [5.74, 6) is -1.93. The van der Waals surface area contributed by atoms with Crippen LogP contribution >= 0.6 is 67.8 Å². The maximum Gasteiger partial charge on any atom is 0.256 e. The van der Waals surface area contributed by atoms with Crippen molar-refractivity contribution in [2.75, 3.05) is 30.9 Å². The second-order valence-corrected chi connectivity index (χ2v) is 9.60. The molecule has 0 bridgehead atoms. The zero-order valence-corrected chi connectivity index (χ0v) is 23.0. The molecule has 1 aromatic rings. The number of rotatable bonds is 8. The number of hydrogen-bond acceptors (Lipinski definition) is 8. The molecular weight excluding hydrogens is 755 g/mol. The number of nitrogens with zero attached hydrogens (tertiary/aromatic N) is 1. The quantitative estimate of drug-likeness (QED) is 0.168. The highest BCUT2D eigenvalue weighted by Gasteiger charge is 2.35. The lowest BCUT2D eigenvalue weighted by molar-refractivity contribution is -0.144. The average molecular weight is 777 g/mol. The molecule has 0 aliphatic rings. The summed E-state index contributed by atoms with van der Waals surface area (Å²) in [6.07, 6.45) is -8.02. The van der Waals surface area contributed by atoms with Crippen molar-refractivity contribution in [1.29, 1.82) is 0 Å².